The van der Waals surface area contributed by atoms with Gasteiger partial charge in [-0.1, -0.05) is 55.4 Å². The summed E-state index contributed by atoms with van der Waals surface area (Å²) in [5.74, 6) is 0.0592. The lowest BCUT2D eigenvalue weighted by atomic mass is 10.0. The van der Waals surface area contributed by atoms with Gasteiger partial charge in [0.1, 0.15) is 0 Å². The molecule has 1 rings (SSSR count). The number of rotatable bonds is 8. The van der Waals surface area contributed by atoms with Crippen molar-refractivity contribution in [2.45, 2.75) is 68.2 Å². The molecule has 0 aromatic rings. The fourth-order valence-electron chi connectivity index (χ4n) is 2.66. The van der Waals surface area contributed by atoms with Gasteiger partial charge in [-0.05, 0) is 35.5 Å². The Morgan fingerprint density at radius 1 is 1.04 bits per heavy atom. The first-order valence-corrected chi connectivity index (χ1v) is 9.62. The zero-order chi connectivity index (χ0) is 20.5. The van der Waals surface area contributed by atoms with Crippen LogP contribution in [0.1, 0.15) is 68.2 Å². The van der Waals surface area contributed by atoms with E-state index in [2.05, 4.69) is 27.7 Å². The molecule has 1 aliphatic carbocycles. The molecule has 0 amide bonds. The molecule has 1 fully saturated rings. The fraction of sp³-hybridized carbons (Fsp3) is 0.857. The highest BCUT2D eigenvalue weighted by atomic mass is 16.5. The number of carbonyl (C=O) groups is 2. The molecule has 5 nitrogen and oxygen atoms in total. The maximum Gasteiger partial charge on any atom is 0.323 e. The molecule has 1 aliphatic rings. The minimum Gasteiger partial charge on any atom is -0.465 e. The van der Waals surface area contributed by atoms with E-state index in [9.17, 15) is 9.59 Å². The normalized spacial score (nSPS) is 18.6. The quantitative estimate of drug-likeness (QED) is 0.586. The lowest BCUT2D eigenvalue weighted by Gasteiger charge is -2.11. The third-order valence-electron chi connectivity index (χ3n) is 4.34. The van der Waals surface area contributed by atoms with Gasteiger partial charge in [0, 0.05) is 0 Å². The van der Waals surface area contributed by atoms with Crippen LogP contribution in [-0.4, -0.2) is 25.2 Å². The van der Waals surface area contributed by atoms with Gasteiger partial charge in [0.25, 0.3) is 0 Å². The van der Waals surface area contributed by atoms with Crippen molar-refractivity contribution in [3.8, 4) is 6.07 Å². The van der Waals surface area contributed by atoms with Crippen molar-refractivity contribution in [3.05, 3.63) is 0 Å². The van der Waals surface area contributed by atoms with E-state index in [1.807, 2.05) is 27.7 Å². The van der Waals surface area contributed by atoms with Crippen LogP contribution in [0.3, 0.4) is 0 Å². The van der Waals surface area contributed by atoms with Crippen LogP contribution in [0.25, 0.3) is 0 Å². The summed E-state index contributed by atoms with van der Waals surface area (Å²) in [7, 11) is 0. The van der Waals surface area contributed by atoms with Gasteiger partial charge in [0.05, 0.1) is 25.7 Å². The third kappa shape index (κ3) is 10.4. The number of hydrogen-bond acceptors (Lipinski definition) is 5. The Balaban J connectivity index is 0.000000642. The Morgan fingerprint density at radius 2 is 1.50 bits per heavy atom. The summed E-state index contributed by atoms with van der Waals surface area (Å²) >= 11 is 0. The van der Waals surface area contributed by atoms with Crippen molar-refractivity contribution < 1.29 is 19.1 Å². The predicted molar refractivity (Wildman–Crippen MR) is 102 cm³/mol. The molecular weight excluding hydrogens is 330 g/mol. The van der Waals surface area contributed by atoms with Gasteiger partial charge < -0.3 is 9.47 Å². The molecule has 26 heavy (non-hydrogen) atoms. The molecule has 0 aromatic carbocycles. The van der Waals surface area contributed by atoms with Gasteiger partial charge in [-0.25, -0.2) is 0 Å². The van der Waals surface area contributed by atoms with E-state index < -0.39 is 17.9 Å². The predicted octanol–water partition coefficient (Wildman–Crippen LogP) is 4.60. The summed E-state index contributed by atoms with van der Waals surface area (Å²) in [5.41, 5.74) is 0.689. The van der Waals surface area contributed by atoms with Crippen LogP contribution in [0.2, 0.25) is 0 Å². The van der Waals surface area contributed by atoms with Crippen LogP contribution < -0.4 is 0 Å². The van der Waals surface area contributed by atoms with E-state index in [0.717, 1.165) is 11.8 Å². The van der Waals surface area contributed by atoms with Crippen molar-refractivity contribution in [2.24, 2.45) is 35.0 Å². The Hall–Kier alpha value is -1.57. The molecule has 0 radical (unpaired) electrons. The molecule has 0 saturated heterocycles. The molecule has 2 unspecified atom stereocenters. The van der Waals surface area contributed by atoms with Crippen LogP contribution in [-0.2, 0) is 19.1 Å². The molecule has 0 aliphatic heterocycles. The fourth-order valence-corrected chi connectivity index (χ4v) is 2.66. The zero-order valence-corrected chi connectivity index (χ0v) is 17.8. The maximum absolute atomic E-state index is 11.5. The van der Waals surface area contributed by atoms with Gasteiger partial charge >= 0.3 is 11.9 Å². The number of hydrogen-bond donors (Lipinski definition) is 0. The van der Waals surface area contributed by atoms with Crippen LogP contribution >= 0.6 is 0 Å². The Morgan fingerprint density at radius 3 is 1.81 bits per heavy atom. The average molecular weight is 368 g/mol. The first-order chi connectivity index (χ1) is 11.9. The summed E-state index contributed by atoms with van der Waals surface area (Å²) in [6, 6.07) is 1.77. The minimum atomic E-state index is -1.08. The summed E-state index contributed by atoms with van der Waals surface area (Å²) < 4.78 is 9.83. The molecule has 0 N–H and O–H groups in total. The van der Waals surface area contributed by atoms with Gasteiger partial charge in [-0.2, -0.15) is 5.26 Å². The highest BCUT2D eigenvalue weighted by Crippen LogP contribution is 2.55. The van der Waals surface area contributed by atoms with Gasteiger partial charge in [-0.3, -0.25) is 9.59 Å². The molecule has 5 heteroatoms. The van der Waals surface area contributed by atoms with Crippen molar-refractivity contribution in [3.63, 3.8) is 0 Å². The lowest BCUT2D eigenvalue weighted by molar-refractivity contribution is -0.154. The summed E-state index contributed by atoms with van der Waals surface area (Å²) in [6.45, 7) is 17.5. The number of carbonyl (C=O) groups excluding carboxylic acids is 2. The standard InChI is InChI=1S/C13H21NO4.C8H16/c1-9(2)7-17-12(15)5-11(6-14)13(16)18-8-10(3)4;1-6(2)7-5-8(7,3)4/h9-11H,5,7-8H2,1-4H3;6-7H,5H2,1-4H3. The van der Waals surface area contributed by atoms with E-state index >= 15 is 0 Å². The first-order valence-electron chi connectivity index (χ1n) is 9.62. The van der Waals surface area contributed by atoms with Crippen LogP contribution in [0, 0.1) is 46.3 Å². The lowest BCUT2D eigenvalue weighted by Crippen LogP contribution is -2.23. The highest BCUT2D eigenvalue weighted by molar-refractivity contribution is 5.82. The molecule has 0 bridgehead atoms. The van der Waals surface area contributed by atoms with Gasteiger partial charge in [0.15, 0.2) is 5.92 Å². The molecular formula is C21H37NO4. The number of nitriles is 1. The van der Waals surface area contributed by atoms with Crippen molar-refractivity contribution in [2.75, 3.05) is 13.2 Å². The number of esters is 2. The first kappa shape index (κ1) is 24.4. The SMILES string of the molecule is CC(C)C1CC1(C)C.CC(C)COC(=O)CC(C#N)C(=O)OCC(C)C. The Kier molecular flexibility index (Phi) is 10.5. The molecule has 0 aromatic heterocycles. The Bertz CT molecular complexity index is 489. The van der Waals surface area contributed by atoms with E-state index in [0.29, 0.717) is 5.41 Å². The summed E-state index contributed by atoms with van der Waals surface area (Å²) in [5, 5.41) is 8.83. The van der Waals surface area contributed by atoms with Crippen LogP contribution in [0.15, 0.2) is 0 Å². The van der Waals surface area contributed by atoms with Gasteiger partial charge in [-0.15, -0.1) is 0 Å². The monoisotopic (exact) mass is 367 g/mol. The van der Waals surface area contributed by atoms with E-state index in [4.69, 9.17) is 14.7 Å². The van der Waals surface area contributed by atoms with Crippen molar-refractivity contribution in [1.29, 1.82) is 5.26 Å². The van der Waals surface area contributed by atoms with Crippen LogP contribution in [0.4, 0.5) is 0 Å². The van der Waals surface area contributed by atoms with E-state index in [1.54, 1.807) is 6.07 Å². The smallest absolute Gasteiger partial charge is 0.323 e. The molecule has 0 heterocycles. The highest BCUT2D eigenvalue weighted by Gasteiger charge is 2.46. The third-order valence-corrected chi connectivity index (χ3v) is 4.34. The second-order valence-corrected chi connectivity index (χ2v) is 9.03. The average Bonchev–Trinajstić information content (AvgIpc) is 3.18. The van der Waals surface area contributed by atoms with Crippen molar-refractivity contribution in [1.82, 2.24) is 0 Å². The number of nitrogens with zero attached hydrogens (tertiary/aromatic N) is 1. The van der Waals surface area contributed by atoms with Crippen LogP contribution in [0.5, 0.6) is 0 Å². The summed E-state index contributed by atoms with van der Waals surface area (Å²) in [6.07, 6.45) is 1.20. The van der Waals surface area contributed by atoms with Crippen molar-refractivity contribution >= 4 is 11.9 Å². The second-order valence-electron chi connectivity index (χ2n) is 9.03. The Labute approximate surface area is 159 Å². The molecule has 1 saturated carbocycles. The van der Waals surface area contributed by atoms with E-state index in [1.165, 1.54) is 6.42 Å². The molecule has 2 atom stereocenters. The van der Waals surface area contributed by atoms with Gasteiger partial charge in [0.2, 0.25) is 0 Å². The topological polar surface area (TPSA) is 76.4 Å². The van der Waals surface area contributed by atoms with E-state index in [-0.39, 0.29) is 31.5 Å². The number of ether oxygens (including phenoxy) is 2. The second kappa shape index (κ2) is 11.2. The maximum atomic E-state index is 11.5. The molecule has 0 spiro atoms. The molecule has 150 valence electrons. The largest absolute Gasteiger partial charge is 0.465 e. The zero-order valence-electron chi connectivity index (χ0n) is 17.8. The minimum absolute atomic E-state index is 0.196. The summed E-state index contributed by atoms with van der Waals surface area (Å²) in [4.78, 5) is 22.9.